The number of aromatic nitrogens is 4. The second-order valence-corrected chi connectivity index (χ2v) is 9.87. The number of thiazole rings is 1. The molecule has 36 heavy (non-hydrogen) atoms. The van der Waals surface area contributed by atoms with Crippen molar-refractivity contribution >= 4 is 33.9 Å². The van der Waals surface area contributed by atoms with Gasteiger partial charge in [-0.2, -0.15) is 0 Å². The fourth-order valence-electron chi connectivity index (χ4n) is 4.34. The van der Waals surface area contributed by atoms with Gasteiger partial charge in [0.1, 0.15) is 16.3 Å². The van der Waals surface area contributed by atoms with Gasteiger partial charge in [0.25, 0.3) is 5.91 Å². The Labute approximate surface area is 212 Å². The standard InChI is InChI=1S/C25H28N6O4S/c1-16-20(17(2)35-29-16)6-8-23(32)31(15-19-4-3-11-34-19)25-28-13-21(36-25)24(33)27-12-18-5-7-22-26-9-10-30(22)14-18/h5,7,9-10,13-14,19H,3-4,6,8,11-12,15H2,1-2H3,(H,27,33). The second kappa shape index (κ2) is 10.6. The van der Waals surface area contributed by atoms with Gasteiger partial charge in [0, 0.05) is 43.7 Å². The first-order valence-corrected chi connectivity index (χ1v) is 12.8. The van der Waals surface area contributed by atoms with Gasteiger partial charge in [0.15, 0.2) is 5.13 Å². The molecule has 1 aliphatic heterocycles. The predicted molar refractivity (Wildman–Crippen MR) is 134 cm³/mol. The van der Waals surface area contributed by atoms with Crippen molar-refractivity contribution in [3.63, 3.8) is 0 Å². The van der Waals surface area contributed by atoms with Crippen molar-refractivity contribution in [1.29, 1.82) is 0 Å². The van der Waals surface area contributed by atoms with Gasteiger partial charge in [0.2, 0.25) is 5.91 Å². The highest BCUT2D eigenvalue weighted by Gasteiger charge is 2.27. The summed E-state index contributed by atoms with van der Waals surface area (Å²) < 4.78 is 12.9. The van der Waals surface area contributed by atoms with E-state index in [1.807, 2.05) is 42.8 Å². The summed E-state index contributed by atoms with van der Waals surface area (Å²) in [6.45, 7) is 5.21. The topological polar surface area (TPSA) is 115 Å². The number of rotatable bonds is 9. The van der Waals surface area contributed by atoms with Crippen LogP contribution in [-0.4, -0.2) is 50.6 Å². The van der Waals surface area contributed by atoms with E-state index in [1.165, 1.54) is 17.5 Å². The van der Waals surface area contributed by atoms with Crippen molar-refractivity contribution in [3.8, 4) is 0 Å². The van der Waals surface area contributed by atoms with Crippen LogP contribution in [0.1, 0.15) is 51.5 Å². The van der Waals surface area contributed by atoms with E-state index in [4.69, 9.17) is 9.26 Å². The summed E-state index contributed by atoms with van der Waals surface area (Å²) in [7, 11) is 0. The fourth-order valence-corrected chi connectivity index (χ4v) is 5.20. The number of ether oxygens (including phenoxy) is 1. The molecule has 0 aromatic carbocycles. The van der Waals surface area contributed by atoms with E-state index in [0.717, 1.165) is 41.1 Å². The number of anilines is 1. The number of hydrogen-bond acceptors (Lipinski definition) is 8. The number of carbonyl (C=O) groups excluding carboxylic acids is 2. The zero-order chi connectivity index (χ0) is 25.1. The van der Waals surface area contributed by atoms with E-state index in [0.29, 0.717) is 36.1 Å². The Morgan fingerprint density at radius 1 is 1.28 bits per heavy atom. The van der Waals surface area contributed by atoms with Gasteiger partial charge in [0.05, 0.1) is 24.5 Å². The van der Waals surface area contributed by atoms with E-state index >= 15 is 0 Å². The molecular formula is C25H28N6O4S. The molecule has 11 heteroatoms. The maximum Gasteiger partial charge on any atom is 0.263 e. The van der Waals surface area contributed by atoms with Crippen LogP contribution in [0, 0.1) is 13.8 Å². The van der Waals surface area contributed by atoms with Crippen LogP contribution in [0.25, 0.3) is 5.65 Å². The molecule has 1 aliphatic rings. The minimum absolute atomic E-state index is 0.0349. The number of nitrogens with one attached hydrogen (secondary N) is 1. The number of amides is 2. The predicted octanol–water partition coefficient (Wildman–Crippen LogP) is 3.47. The van der Waals surface area contributed by atoms with Crippen LogP contribution in [0.15, 0.2) is 41.4 Å². The van der Waals surface area contributed by atoms with Crippen molar-refractivity contribution in [3.05, 3.63) is 64.4 Å². The molecule has 0 radical (unpaired) electrons. The monoisotopic (exact) mass is 508 g/mol. The first-order chi connectivity index (χ1) is 17.5. The molecule has 4 aromatic heterocycles. The van der Waals surface area contributed by atoms with E-state index in [1.54, 1.807) is 11.1 Å². The Balaban J connectivity index is 1.26. The molecule has 0 aliphatic carbocycles. The van der Waals surface area contributed by atoms with Crippen molar-refractivity contribution in [2.24, 2.45) is 0 Å². The zero-order valence-corrected chi connectivity index (χ0v) is 21.1. The molecule has 0 saturated carbocycles. The third-order valence-electron chi connectivity index (χ3n) is 6.33. The van der Waals surface area contributed by atoms with Gasteiger partial charge in [-0.1, -0.05) is 22.6 Å². The molecule has 1 unspecified atom stereocenters. The Morgan fingerprint density at radius 3 is 2.94 bits per heavy atom. The zero-order valence-electron chi connectivity index (χ0n) is 20.3. The molecule has 5 rings (SSSR count). The second-order valence-electron chi connectivity index (χ2n) is 8.86. The molecule has 1 saturated heterocycles. The molecule has 2 amide bonds. The number of hydrogen-bond donors (Lipinski definition) is 1. The summed E-state index contributed by atoms with van der Waals surface area (Å²) in [5, 5.41) is 7.41. The van der Waals surface area contributed by atoms with Crippen LogP contribution in [0.3, 0.4) is 0 Å². The summed E-state index contributed by atoms with van der Waals surface area (Å²) in [6.07, 6.45) is 9.70. The summed E-state index contributed by atoms with van der Waals surface area (Å²) in [5.74, 6) is 0.427. The van der Waals surface area contributed by atoms with Crippen molar-refractivity contribution < 1.29 is 18.8 Å². The van der Waals surface area contributed by atoms with Crippen LogP contribution in [0.4, 0.5) is 5.13 Å². The van der Waals surface area contributed by atoms with E-state index in [9.17, 15) is 9.59 Å². The van der Waals surface area contributed by atoms with Crippen molar-refractivity contribution in [2.75, 3.05) is 18.1 Å². The summed E-state index contributed by atoms with van der Waals surface area (Å²) in [6, 6.07) is 3.84. The van der Waals surface area contributed by atoms with E-state index < -0.39 is 0 Å². The molecule has 4 aromatic rings. The lowest BCUT2D eigenvalue weighted by atomic mass is 10.1. The summed E-state index contributed by atoms with van der Waals surface area (Å²) in [5.41, 5.74) is 3.55. The smallest absolute Gasteiger partial charge is 0.263 e. The number of carbonyl (C=O) groups is 2. The molecule has 5 heterocycles. The number of pyridine rings is 1. The molecule has 10 nitrogen and oxygen atoms in total. The van der Waals surface area contributed by atoms with Gasteiger partial charge in [-0.3, -0.25) is 14.5 Å². The highest BCUT2D eigenvalue weighted by atomic mass is 32.1. The third-order valence-corrected chi connectivity index (χ3v) is 7.35. The Bertz CT molecular complexity index is 1350. The molecule has 1 atom stereocenters. The maximum atomic E-state index is 13.3. The fraction of sp³-hybridized carbons (Fsp3) is 0.400. The average molecular weight is 509 g/mol. The Hall–Kier alpha value is -3.57. The van der Waals surface area contributed by atoms with Crippen LogP contribution in [-0.2, 0) is 22.5 Å². The van der Waals surface area contributed by atoms with Crippen LogP contribution >= 0.6 is 11.3 Å². The van der Waals surface area contributed by atoms with Gasteiger partial charge in [-0.25, -0.2) is 9.97 Å². The quantitative estimate of drug-likeness (QED) is 0.368. The maximum absolute atomic E-state index is 13.3. The Kier molecular flexibility index (Phi) is 7.10. The van der Waals surface area contributed by atoms with Gasteiger partial charge in [-0.15, -0.1) is 0 Å². The number of aryl methyl sites for hydroxylation is 2. The highest BCUT2D eigenvalue weighted by molar-refractivity contribution is 7.17. The first-order valence-electron chi connectivity index (χ1n) is 12.0. The molecule has 0 spiro atoms. The minimum atomic E-state index is -0.232. The van der Waals surface area contributed by atoms with Crippen molar-refractivity contribution in [1.82, 2.24) is 24.8 Å². The molecular weight excluding hydrogens is 480 g/mol. The molecule has 1 N–H and O–H groups in total. The number of nitrogens with zero attached hydrogens (tertiary/aromatic N) is 5. The number of fused-ring (bicyclic) bond motifs is 1. The Morgan fingerprint density at radius 2 is 2.17 bits per heavy atom. The van der Waals surface area contributed by atoms with E-state index in [2.05, 4.69) is 20.4 Å². The van der Waals surface area contributed by atoms with Gasteiger partial charge >= 0.3 is 0 Å². The molecule has 1 fully saturated rings. The van der Waals surface area contributed by atoms with Crippen LogP contribution < -0.4 is 10.2 Å². The molecule has 0 bridgehead atoms. The first kappa shape index (κ1) is 24.1. The number of imidazole rings is 1. The summed E-state index contributed by atoms with van der Waals surface area (Å²) in [4.78, 5) is 36.9. The average Bonchev–Trinajstić information content (AvgIpc) is 3.68. The lowest BCUT2D eigenvalue weighted by Crippen LogP contribution is -2.37. The SMILES string of the molecule is Cc1noc(C)c1CCC(=O)N(CC1CCCO1)c1ncc(C(=O)NCc2ccc3nccn3c2)s1. The van der Waals surface area contributed by atoms with Crippen LogP contribution in [0.2, 0.25) is 0 Å². The lowest BCUT2D eigenvalue weighted by molar-refractivity contribution is -0.119. The molecule has 188 valence electrons. The van der Waals surface area contributed by atoms with Crippen molar-refractivity contribution in [2.45, 2.75) is 52.2 Å². The summed E-state index contributed by atoms with van der Waals surface area (Å²) >= 11 is 1.21. The normalized spacial score (nSPS) is 15.4. The highest BCUT2D eigenvalue weighted by Crippen LogP contribution is 2.26. The minimum Gasteiger partial charge on any atom is -0.376 e. The van der Waals surface area contributed by atoms with Crippen LogP contribution in [0.5, 0.6) is 0 Å². The lowest BCUT2D eigenvalue weighted by Gasteiger charge is -2.23. The van der Waals surface area contributed by atoms with Gasteiger partial charge in [-0.05, 0) is 44.7 Å². The largest absolute Gasteiger partial charge is 0.376 e. The third kappa shape index (κ3) is 5.31. The van der Waals surface area contributed by atoms with Gasteiger partial charge < -0.3 is 19.0 Å². The van der Waals surface area contributed by atoms with E-state index in [-0.39, 0.29) is 24.3 Å².